The fourth-order valence-electron chi connectivity index (χ4n) is 3.84. The van der Waals surface area contributed by atoms with Crippen molar-refractivity contribution in [3.63, 3.8) is 0 Å². The number of nitrogens with zero attached hydrogens (tertiary/aromatic N) is 3. The molecule has 1 aromatic heterocycles. The van der Waals surface area contributed by atoms with Gasteiger partial charge in [-0.2, -0.15) is 4.31 Å². The van der Waals surface area contributed by atoms with Crippen molar-refractivity contribution >= 4 is 31.8 Å². The summed E-state index contributed by atoms with van der Waals surface area (Å²) in [5.74, 6) is -0.424. The van der Waals surface area contributed by atoms with Crippen LogP contribution in [0.5, 0.6) is 0 Å². The number of carbonyl (C=O) groups excluding carboxylic acids is 1. The Labute approximate surface area is 204 Å². The predicted molar refractivity (Wildman–Crippen MR) is 129 cm³/mol. The Kier molecular flexibility index (Phi) is 6.80. The van der Waals surface area contributed by atoms with Crippen molar-refractivity contribution in [3.8, 4) is 11.5 Å². The van der Waals surface area contributed by atoms with Crippen molar-refractivity contribution in [2.75, 3.05) is 24.7 Å². The molecule has 0 atom stereocenters. The van der Waals surface area contributed by atoms with Crippen molar-refractivity contribution in [2.24, 2.45) is 5.92 Å². The molecule has 0 aliphatic carbocycles. The molecule has 35 heavy (non-hydrogen) atoms. The van der Waals surface area contributed by atoms with Gasteiger partial charge >= 0.3 is 6.01 Å². The lowest BCUT2D eigenvalue weighted by atomic mass is 9.97. The van der Waals surface area contributed by atoms with E-state index in [1.807, 2.05) is 32.0 Å². The zero-order valence-corrected chi connectivity index (χ0v) is 21.2. The Bertz CT molecular complexity index is 1460. The van der Waals surface area contributed by atoms with E-state index < -0.39 is 25.8 Å². The summed E-state index contributed by atoms with van der Waals surface area (Å²) in [5.41, 5.74) is 2.98. The molecule has 0 spiro atoms. The van der Waals surface area contributed by atoms with Crippen LogP contribution in [0.15, 0.2) is 56.7 Å². The molecule has 0 unspecified atom stereocenters. The fourth-order valence-corrected chi connectivity index (χ4v) is 5.94. The molecule has 1 saturated heterocycles. The highest BCUT2D eigenvalue weighted by Crippen LogP contribution is 2.27. The van der Waals surface area contributed by atoms with Crippen LogP contribution >= 0.6 is 0 Å². The molecule has 3 aromatic rings. The third-order valence-electron chi connectivity index (χ3n) is 6.12. The molecule has 186 valence electrons. The molecule has 4 rings (SSSR count). The number of sulfone groups is 1. The van der Waals surface area contributed by atoms with Gasteiger partial charge in [0.15, 0.2) is 9.84 Å². The molecule has 1 N–H and O–H groups in total. The van der Waals surface area contributed by atoms with Gasteiger partial charge in [0.1, 0.15) is 0 Å². The number of benzene rings is 2. The number of aromatic nitrogens is 2. The van der Waals surface area contributed by atoms with Gasteiger partial charge in [-0.3, -0.25) is 10.1 Å². The molecule has 2 heterocycles. The smallest absolute Gasteiger partial charge is 0.322 e. The van der Waals surface area contributed by atoms with E-state index in [1.54, 1.807) is 0 Å². The highest BCUT2D eigenvalue weighted by Gasteiger charge is 2.32. The fraction of sp³-hybridized carbons (Fsp3) is 0.348. The summed E-state index contributed by atoms with van der Waals surface area (Å²) in [6, 6.07) is 10.9. The quantitative estimate of drug-likeness (QED) is 0.525. The molecule has 2 aromatic carbocycles. The first-order valence-corrected chi connectivity index (χ1v) is 14.3. The normalized spacial score (nSPS) is 15.7. The van der Waals surface area contributed by atoms with Crippen molar-refractivity contribution < 1.29 is 26.0 Å². The maximum absolute atomic E-state index is 12.9. The van der Waals surface area contributed by atoms with Crippen LogP contribution in [0.25, 0.3) is 11.5 Å². The highest BCUT2D eigenvalue weighted by atomic mass is 32.2. The number of hydrogen-bond donors (Lipinski definition) is 1. The number of aryl methyl sites for hydroxylation is 2. The number of amides is 1. The summed E-state index contributed by atoms with van der Waals surface area (Å²) >= 11 is 0. The second-order valence-corrected chi connectivity index (χ2v) is 12.6. The minimum atomic E-state index is -3.80. The minimum Gasteiger partial charge on any atom is -0.403 e. The van der Waals surface area contributed by atoms with Crippen LogP contribution in [0.1, 0.15) is 24.0 Å². The van der Waals surface area contributed by atoms with E-state index in [4.69, 9.17) is 4.42 Å². The number of hydrogen-bond acceptors (Lipinski definition) is 8. The Morgan fingerprint density at radius 3 is 2.17 bits per heavy atom. The van der Waals surface area contributed by atoms with Gasteiger partial charge in [0, 0.05) is 30.8 Å². The van der Waals surface area contributed by atoms with Crippen LogP contribution in [0.4, 0.5) is 6.01 Å². The summed E-state index contributed by atoms with van der Waals surface area (Å²) in [6.45, 7) is 4.30. The van der Waals surface area contributed by atoms with Crippen molar-refractivity contribution in [2.45, 2.75) is 36.5 Å². The van der Waals surface area contributed by atoms with Crippen molar-refractivity contribution in [1.29, 1.82) is 0 Å². The van der Waals surface area contributed by atoms with Crippen LogP contribution in [-0.4, -0.2) is 56.6 Å². The molecule has 1 amide bonds. The van der Waals surface area contributed by atoms with E-state index in [2.05, 4.69) is 15.5 Å². The van der Waals surface area contributed by atoms with Crippen LogP contribution < -0.4 is 5.32 Å². The van der Waals surface area contributed by atoms with E-state index in [0.29, 0.717) is 18.7 Å². The predicted octanol–water partition coefficient (Wildman–Crippen LogP) is 2.80. The van der Waals surface area contributed by atoms with Gasteiger partial charge in [-0.05, 0) is 74.2 Å². The lowest BCUT2D eigenvalue weighted by Crippen LogP contribution is -2.41. The van der Waals surface area contributed by atoms with E-state index in [-0.39, 0.29) is 34.8 Å². The number of nitrogens with one attached hydrogen (secondary N) is 1. The molecule has 0 saturated carbocycles. The second kappa shape index (κ2) is 9.51. The Morgan fingerprint density at radius 2 is 1.57 bits per heavy atom. The monoisotopic (exact) mass is 518 g/mol. The third kappa shape index (κ3) is 5.44. The van der Waals surface area contributed by atoms with Crippen LogP contribution in [0.3, 0.4) is 0 Å². The van der Waals surface area contributed by atoms with Gasteiger partial charge in [-0.25, -0.2) is 16.8 Å². The molecule has 10 nitrogen and oxygen atoms in total. The minimum absolute atomic E-state index is 0.00996. The zero-order valence-electron chi connectivity index (χ0n) is 19.6. The van der Waals surface area contributed by atoms with E-state index >= 15 is 0 Å². The number of anilines is 1. The molecule has 1 aliphatic heterocycles. The lowest BCUT2D eigenvalue weighted by Gasteiger charge is -2.30. The summed E-state index contributed by atoms with van der Waals surface area (Å²) in [7, 11) is -7.22. The first-order chi connectivity index (χ1) is 16.4. The summed E-state index contributed by atoms with van der Waals surface area (Å²) in [5, 5.41) is 10.5. The van der Waals surface area contributed by atoms with Crippen LogP contribution in [0, 0.1) is 19.8 Å². The third-order valence-corrected chi connectivity index (χ3v) is 9.16. The topological polar surface area (TPSA) is 140 Å². The zero-order chi connectivity index (χ0) is 25.4. The summed E-state index contributed by atoms with van der Waals surface area (Å²) < 4.78 is 56.0. The summed E-state index contributed by atoms with van der Waals surface area (Å²) in [6.07, 6.45) is 1.71. The van der Waals surface area contributed by atoms with Crippen LogP contribution in [0.2, 0.25) is 0 Å². The Hall–Kier alpha value is -3.09. The van der Waals surface area contributed by atoms with Gasteiger partial charge < -0.3 is 4.42 Å². The number of rotatable bonds is 6. The van der Waals surface area contributed by atoms with E-state index in [0.717, 1.165) is 22.9 Å². The van der Waals surface area contributed by atoms with E-state index in [9.17, 15) is 21.6 Å². The van der Waals surface area contributed by atoms with Crippen molar-refractivity contribution in [3.05, 3.63) is 53.6 Å². The van der Waals surface area contributed by atoms with Crippen molar-refractivity contribution in [1.82, 2.24) is 14.5 Å². The molecular weight excluding hydrogens is 492 g/mol. The van der Waals surface area contributed by atoms with Gasteiger partial charge in [-0.1, -0.05) is 11.2 Å². The molecular formula is C23H26N4O6S2. The molecule has 1 fully saturated rings. The maximum atomic E-state index is 12.9. The van der Waals surface area contributed by atoms with Crippen LogP contribution in [-0.2, 0) is 24.7 Å². The first-order valence-electron chi connectivity index (χ1n) is 11.0. The van der Waals surface area contributed by atoms with Gasteiger partial charge in [0.2, 0.25) is 21.8 Å². The van der Waals surface area contributed by atoms with Gasteiger partial charge in [-0.15, -0.1) is 5.10 Å². The van der Waals surface area contributed by atoms with Gasteiger partial charge in [0.05, 0.1) is 9.79 Å². The Balaban J connectivity index is 1.37. The largest absolute Gasteiger partial charge is 0.403 e. The number of sulfonamides is 1. The average Bonchev–Trinajstić information content (AvgIpc) is 3.29. The maximum Gasteiger partial charge on any atom is 0.322 e. The Morgan fingerprint density at radius 1 is 0.943 bits per heavy atom. The van der Waals surface area contributed by atoms with E-state index in [1.165, 1.54) is 28.6 Å². The second-order valence-electron chi connectivity index (χ2n) is 8.62. The highest BCUT2D eigenvalue weighted by molar-refractivity contribution is 7.90. The molecule has 1 aliphatic rings. The standard InChI is InChI=1S/C23H26N4O6S2/c1-15-4-5-18(14-16(15)2)22-25-26-23(33-22)24-21(28)17-10-12-27(13-11-17)35(31,32)20-8-6-19(7-9-20)34(3,29)30/h4-9,14,17H,10-13H2,1-3H3,(H,24,26,28). The number of piperidine rings is 1. The lowest BCUT2D eigenvalue weighted by molar-refractivity contribution is -0.121. The van der Waals surface area contributed by atoms with Gasteiger partial charge in [0.25, 0.3) is 0 Å². The first kappa shape index (κ1) is 25.0. The molecule has 0 radical (unpaired) electrons. The average molecular weight is 519 g/mol. The molecule has 12 heteroatoms. The molecule has 0 bridgehead atoms. The SMILES string of the molecule is Cc1ccc(-c2nnc(NC(=O)C3CCN(S(=O)(=O)c4ccc(S(C)(=O)=O)cc4)CC3)o2)cc1C. The summed E-state index contributed by atoms with van der Waals surface area (Å²) in [4.78, 5) is 12.8. The number of carbonyl (C=O) groups is 1.